The van der Waals surface area contributed by atoms with Crippen LogP contribution in [0.25, 0.3) is 0 Å². The summed E-state index contributed by atoms with van der Waals surface area (Å²) in [5, 5.41) is 7.81. The van der Waals surface area contributed by atoms with Crippen LogP contribution in [0, 0.1) is 0 Å². The van der Waals surface area contributed by atoms with Crippen LogP contribution in [-0.2, 0) is 15.7 Å². The molecule has 0 aliphatic carbocycles. The molecule has 7 nitrogen and oxygen atoms in total. The molecular formula is C24H30F3N3O4. The molecule has 1 aliphatic rings. The maximum absolute atomic E-state index is 13.8. The van der Waals surface area contributed by atoms with E-state index in [2.05, 4.69) is 10.2 Å². The largest absolute Gasteiger partial charge is 0.489 e. The van der Waals surface area contributed by atoms with Crippen LogP contribution in [0.15, 0.2) is 36.4 Å². The van der Waals surface area contributed by atoms with Crippen molar-refractivity contribution in [2.45, 2.75) is 64.3 Å². The average Bonchev–Trinajstić information content (AvgIpc) is 3.21. The molecule has 2 atom stereocenters. The molecule has 0 N–H and O–H groups in total. The van der Waals surface area contributed by atoms with Gasteiger partial charge in [-0.15, -0.1) is 10.2 Å². The van der Waals surface area contributed by atoms with Crippen LogP contribution in [-0.4, -0.2) is 48.1 Å². The number of carbonyl (C=O) groups is 1. The lowest BCUT2D eigenvalue weighted by Crippen LogP contribution is -2.32. The summed E-state index contributed by atoms with van der Waals surface area (Å²) in [5.74, 6) is -0.135. The summed E-state index contributed by atoms with van der Waals surface area (Å²) >= 11 is 0. The zero-order valence-corrected chi connectivity index (χ0v) is 19.4. The molecule has 1 aromatic heterocycles. The van der Waals surface area contributed by atoms with Gasteiger partial charge in [0.1, 0.15) is 17.4 Å². The SMILES string of the molecule is CCCCOc1nnc(N2C[C@@H](Oc3ccccc3)C[C@H]2CCC(=O)OCC)cc1C(F)(F)F. The van der Waals surface area contributed by atoms with Gasteiger partial charge in [-0.25, -0.2) is 0 Å². The smallest absolute Gasteiger partial charge is 0.421 e. The third-order valence-corrected chi connectivity index (χ3v) is 5.49. The van der Waals surface area contributed by atoms with Crippen LogP contribution in [0.5, 0.6) is 11.6 Å². The van der Waals surface area contributed by atoms with Crippen LogP contribution in [0.1, 0.15) is 51.5 Å². The Morgan fingerprint density at radius 2 is 1.94 bits per heavy atom. The number of para-hydroxylation sites is 1. The van der Waals surface area contributed by atoms with E-state index >= 15 is 0 Å². The summed E-state index contributed by atoms with van der Waals surface area (Å²) in [5.41, 5.74) is -0.967. The molecule has 186 valence electrons. The lowest BCUT2D eigenvalue weighted by Gasteiger charge is -2.25. The summed E-state index contributed by atoms with van der Waals surface area (Å²) in [7, 11) is 0. The first-order valence-corrected chi connectivity index (χ1v) is 11.5. The lowest BCUT2D eigenvalue weighted by molar-refractivity contribution is -0.143. The average molecular weight is 482 g/mol. The maximum Gasteiger partial charge on any atom is 0.421 e. The topological polar surface area (TPSA) is 73.8 Å². The van der Waals surface area contributed by atoms with Crippen LogP contribution < -0.4 is 14.4 Å². The number of esters is 1. The van der Waals surface area contributed by atoms with Crippen molar-refractivity contribution in [1.29, 1.82) is 0 Å². The maximum atomic E-state index is 13.8. The van der Waals surface area contributed by atoms with Gasteiger partial charge in [0.2, 0.25) is 5.88 Å². The van der Waals surface area contributed by atoms with Crippen molar-refractivity contribution in [3.05, 3.63) is 42.0 Å². The molecule has 10 heteroatoms. The second-order valence-corrected chi connectivity index (χ2v) is 8.06. The third kappa shape index (κ3) is 6.98. The number of carbonyl (C=O) groups excluding carboxylic acids is 1. The predicted molar refractivity (Wildman–Crippen MR) is 120 cm³/mol. The molecule has 2 heterocycles. The van der Waals surface area contributed by atoms with Crippen molar-refractivity contribution in [1.82, 2.24) is 10.2 Å². The monoisotopic (exact) mass is 481 g/mol. The van der Waals surface area contributed by atoms with Gasteiger partial charge in [0.25, 0.3) is 0 Å². The van der Waals surface area contributed by atoms with Crippen molar-refractivity contribution in [3.63, 3.8) is 0 Å². The number of alkyl halides is 3. The van der Waals surface area contributed by atoms with E-state index < -0.39 is 17.6 Å². The minimum Gasteiger partial charge on any atom is -0.489 e. The first-order chi connectivity index (χ1) is 16.3. The van der Waals surface area contributed by atoms with Gasteiger partial charge in [-0.2, -0.15) is 13.2 Å². The van der Waals surface area contributed by atoms with E-state index in [-0.39, 0.29) is 43.6 Å². The normalized spacial score (nSPS) is 18.1. The van der Waals surface area contributed by atoms with E-state index in [1.807, 2.05) is 37.3 Å². The Morgan fingerprint density at radius 1 is 1.18 bits per heavy atom. The molecule has 0 spiro atoms. The fraction of sp³-hybridized carbons (Fsp3) is 0.542. The van der Waals surface area contributed by atoms with Crippen LogP contribution in [0.2, 0.25) is 0 Å². The van der Waals surface area contributed by atoms with E-state index in [0.717, 1.165) is 12.5 Å². The van der Waals surface area contributed by atoms with Crippen molar-refractivity contribution in [2.75, 3.05) is 24.7 Å². The zero-order chi connectivity index (χ0) is 24.6. The zero-order valence-electron chi connectivity index (χ0n) is 19.4. The molecule has 0 unspecified atom stereocenters. The standard InChI is InChI=1S/C24H30F3N3O4/c1-3-5-13-33-23-20(24(25,26)27)15-21(28-29-23)30-16-19(34-18-9-7-6-8-10-18)14-17(30)11-12-22(31)32-4-2/h6-10,15,17,19H,3-5,11-14,16H2,1-2H3/t17-,19+/m1/s1. The first kappa shape index (κ1) is 25.6. The molecule has 2 aromatic rings. The van der Waals surface area contributed by atoms with Gasteiger partial charge in [0, 0.05) is 24.9 Å². The van der Waals surface area contributed by atoms with Crippen molar-refractivity contribution < 1.29 is 32.2 Å². The van der Waals surface area contributed by atoms with E-state index in [0.29, 0.717) is 31.6 Å². The van der Waals surface area contributed by atoms with E-state index in [1.54, 1.807) is 11.8 Å². The summed E-state index contributed by atoms with van der Waals surface area (Å²) < 4.78 is 57.6. The lowest BCUT2D eigenvalue weighted by atomic mass is 10.1. The highest BCUT2D eigenvalue weighted by molar-refractivity contribution is 5.69. The van der Waals surface area contributed by atoms with Crippen LogP contribution in [0.4, 0.5) is 19.0 Å². The minimum atomic E-state index is -4.65. The van der Waals surface area contributed by atoms with Gasteiger partial charge in [-0.3, -0.25) is 4.79 Å². The molecule has 1 saturated heterocycles. The summed E-state index contributed by atoms with van der Waals surface area (Å²) in [6.07, 6.45) is -2.48. The molecule has 0 amide bonds. The van der Waals surface area contributed by atoms with E-state index in [9.17, 15) is 18.0 Å². The summed E-state index contributed by atoms with van der Waals surface area (Å²) in [6.45, 7) is 4.35. The number of hydrogen-bond acceptors (Lipinski definition) is 7. The number of nitrogens with zero attached hydrogens (tertiary/aromatic N) is 3. The highest BCUT2D eigenvalue weighted by Crippen LogP contribution is 2.38. The molecule has 1 aliphatic heterocycles. The number of unbranched alkanes of at least 4 members (excludes halogenated alkanes) is 1. The van der Waals surface area contributed by atoms with Gasteiger partial charge in [0.05, 0.1) is 19.8 Å². The summed E-state index contributed by atoms with van der Waals surface area (Å²) in [4.78, 5) is 13.6. The van der Waals surface area contributed by atoms with Gasteiger partial charge in [0.15, 0.2) is 5.82 Å². The quantitative estimate of drug-likeness (QED) is 0.329. The van der Waals surface area contributed by atoms with E-state index in [1.165, 1.54) is 0 Å². The fourth-order valence-corrected chi connectivity index (χ4v) is 3.86. The number of halogens is 3. The Bertz CT molecular complexity index is 927. The fourth-order valence-electron chi connectivity index (χ4n) is 3.86. The molecule has 0 radical (unpaired) electrons. The number of aromatic nitrogens is 2. The molecule has 1 fully saturated rings. The van der Waals surface area contributed by atoms with Gasteiger partial charge >= 0.3 is 12.1 Å². The number of rotatable bonds is 11. The Labute approximate surface area is 197 Å². The number of hydrogen-bond donors (Lipinski definition) is 0. The van der Waals surface area contributed by atoms with Crippen LogP contribution >= 0.6 is 0 Å². The molecule has 0 saturated carbocycles. The molecule has 34 heavy (non-hydrogen) atoms. The number of benzene rings is 1. The number of anilines is 1. The van der Waals surface area contributed by atoms with Gasteiger partial charge in [-0.05, 0) is 31.9 Å². The first-order valence-electron chi connectivity index (χ1n) is 11.5. The highest BCUT2D eigenvalue weighted by atomic mass is 19.4. The Morgan fingerprint density at radius 3 is 2.62 bits per heavy atom. The second kappa shape index (κ2) is 11.9. The summed E-state index contributed by atoms with van der Waals surface area (Å²) in [6, 6.07) is 9.91. The van der Waals surface area contributed by atoms with Crippen molar-refractivity contribution in [2.24, 2.45) is 0 Å². The highest BCUT2D eigenvalue weighted by Gasteiger charge is 2.39. The molecule has 3 rings (SSSR count). The van der Waals surface area contributed by atoms with Crippen LogP contribution in [0.3, 0.4) is 0 Å². The number of ether oxygens (including phenoxy) is 3. The Hall–Kier alpha value is -3.04. The van der Waals surface area contributed by atoms with Crippen molar-refractivity contribution in [3.8, 4) is 11.6 Å². The Balaban J connectivity index is 1.83. The van der Waals surface area contributed by atoms with Gasteiger partial charge < -0.3 is 19.1 Å². The Kier molecular flexibility index (Phi) is 8.95. The van der Waals surface area contributed by atoms with Crippen molar-refractivity contribution >= 4 is 11.8 Å². The predicted octanol–water partition coefficient (Wildman–Crippen LogP) is 5.04. The van der Waals surface area contributed by atoms with Gasteiger partial charge in [-0.1, -0.05) is 31.5 Å². The molecule has 0 bridgehead atoms. The second-order valence-electron chi connectivity index (χ2n) is 8.06. The minimum absolute atomic E-state index is 0.0724. The molecule has 1 aromatic carbocycles. The van der Waals surface area contributed by atoms with E-state index in [4.69, 9.17) is 14.2 Å². The molecular weight excluding hydrogens is 451 g/mol. The third-order valence-electron chi connectivity index (χ3n) is 5.49.